The van der Waals surface area contributed by atoms with Gasteiger partial charge in [-0.15, -0.1) is 0 Å². The Morgan fingerprint density at radius 3 is 2.56 bits per heavy atom. The summed E-state index contributed by atoms with van der Waals surface area (Å²) in [5.74, 6) is 0.613. The first-order valence-electron chi connectivity index (χ1n) is 8.84. The zero-order chi connectivity index (χ0) is 19.8. The van der Waals surface area contributed by atoms with Gasteiger partial charge in [0, 0.05) is 23.8 Å². The van der Waals surface area contributed by atoms with Crippen molar-refractivity contribution in [1.29, 1.82) is 0 Å². The molecule has 1 N–H and O–H groups in total. The third-order valence-corrected chi connectivity index (χ3v) is 6.20. The maximum absolute atomic E-state index is 12.8. The molecule has 1 aliphatic rings. The van der Waals surface area contributed by atoms with Crippen LogP contribution >= 0.6 is 0 Å². The van der Waals surface area contributed by atoms with Crippen LogP contribution in [0.5, 0.6) is 5.75 Å². The predicted molar refractivity (Wildman–Crippen MR) is 106 cm³/mol. The number of benzene rings is 2. The lowest BCUT2D eigenvalue weighted by Crippen LogP contribution is -2.32. The first kappa shape index (κ1) is 19.2. The third-order valence-electron chi connectivity index (χ3n) is 4.66. The molecule has 3 rings (SSSR count). The Bertz CT molecular complexity index is 983. The molecule has 1 amide bonds. The lowest BCUT2D eigenvalue weighted by molar-refractivity contribution is -0.121. The number of ether oxygens (including phenoxy) is 1. The molecule has 0 atom stereocenters. The quantitative estimate of drug-likeness (QED) is 0.852. The van der Waals surface area contributed by atoms with Crippen LogP contribution in [0.3, 0.4) is 0 Å². The molecule has 27 heavy (non-hydrogen) atoms. The number of methoxy groups -OCH3 is 1. The molecule has 0 fully saturated rings. The molecular weight excluding hydrogens is 364 g/mol. The van der Waals surface area contributed by atoms with Crippen LogP contribution in [0.15, 0.2) is 41.3 Å². The van der Waals surface area contributed by atoms with E-state index in [0.717, 1.165) is 11.3 Å². The molecule has 2 aromatic carbocycles. The monoisotopic (exact) mass is 388 g/mol. The van der Waals surface area contributed by atoms with Crippen molar-refractivity contribution in [2.75, 3.05) is 23.3 Å². The molecule has 144 valence electrons. The summed E-state index contributed by atoms with van der Waals surface area (Å²) in [5.41, 5.74) is 2.92. The minimum atomic E-state index is -3.72. The van der Waals surface area contributed by atoms with Gasteiger partial charge in [-0.2, -0.15) is 0 Å². The highest BCUT2D eigenvalue weighted by Gasteiger charge is 2.27. The van der Waals surface area contributed by atoms with Crippen molar-refractivity contribution in [3.63, 3.8) is 0 Å². The number of sulfonamides is 1. The highest BCUT2D eigenvalue weighted by molar-refractivity contribution is 7.92. The van der Waals surface area contributed by atoms with Gasteiger partial charge in [0.25, 0.3) is 10.0 Å². The maximum atomic E-state index is 12.8. The van der Waals surface area contributed by atoms with Gasteiger partial charge in [0.15, 0.2) is 0 Å². The smallest absolute Gasteiger partial charge is 0.262 e. The van der Waals surface area contributed by atoms with E-state index in [9.17, 15) is 13.2 Å². The average molecular weight is 388 g/mol. The zero-order valence-corrected chi connectivity index (χ0v) is 16.8. The van der Waals surface area contributed by atoms with E-state index in [1.165, 1.54) is 6.07 Å². The van der Waals surface area contributed by atoms with Crippen molar-refractivity contribution in [3.05, 3.63) is 47.5 Å². The molecule has 1 heterocycles. The number of rotatable bonds is 5. The molecule has 0 bridgehead atoms. The van der Waals surface area contributed by atoms with E-state index in [-0.39, 0.29) is 16.7 Å². The first-order valence-corrected chi connectivity index (χ1v) is 10.3. The highest BCUT2D eigenvalue weighted by Crippen LogP contribution is 2.32. The summed E-state index contributed by atoms with van der Waals surface area (Å²) in [6, 6.07) is 10.2. The summed E-state index contributed by atoms with van der Waals surface area (Å²) < 4.78 is 33.3. The second kappa shape index (κ2) is 7.23. The summed E-state index contributed by atoms with van der Waals surface area (Å²) in [5, 5.41) is 0. The number of carbonyl (C=O) groups excluding carboxylic acids is 1. The largest absolute Gasteiger partial charge is 0.497 e. The van der Waals surface area contributed by atoms with E-state index in [0.29, 0.717) is 30.0 Å². The highest BCUT2D eigenvalue weighted by atomic mass is 32.2. The fourth-order valence-corrected chi connectivity index (χ4v) is 4.54. The minimum Gasteiger partial charge on any atom is -0.497 e. The molecule has 0 saturated heterocycles. The number of hydrogen-bond acceptors (Lipinski definition) is 4. The van der Waals surface area contributed by atoms with Gasteiger partial charge in [-0.05, 0) is 60.9 Å². The van der Waals surface area contributed by atoms with Crippen molar-refractivity contribution in [1.82, 2.24) is 0 Å². The molecule has 1 aliphatic heterocycles. The summed E-state index contributed by atoms with van der Waals surface area (Å²) >= 11 is 0. The second-order valence-corrected chi connectivity index (χ2v) is 8.63. The molecule has 6 nitrogen and oxygen atoms in total. The van der Waals surface area contributed by atoms with E-state index in [2.05, 4.69) is 4.72 Å². The molecule has 0 spiro atoms. The van der Waals surface area contributed by atoms with E-state index in [4.69, 9.17) is 4.74 Å². The third kappa shape index (κ3) is 3.78. The lowest BCUT2D eigenvalue weighted by atomic mass is 10.1. The van der Waals surface area contributed by atoms with Gasteiger partial charge in [0.2, 0.25) is 5.91 Å². The zero-order valence-electron chi connectivity index (χ0n) is 15.9. The van der Waals surface area contributed by atoms with Crippen LogP contribution in [0.4, 0.5) is 11.4 Å². The van der Waals surface area contributed by atoms with E-state index < -0.39 is 10.0 Å². The summed E-state index contributed by atoms with van der Waals surface area (Å²) in [7, 11) is -2.18. The number of nitrogens with zero attached hydrogens (tertiary/aromatic N) is 1. The van der Waals surface area contributed by atoms with Gasteiger partial charge in [-0.1, -0.05) is 13.8 Å². The predicted octanol–water partition coefficient (Wildman–Crippen LogP) is 3.35. The number of anilines is 2. The Balaban J connectivity index is 1.86. The Morgan fingerprint density at radius 2 is 1.93 bits per heavy atom. The molecule has 2 aromatic rings. The normalized spacial score (nSPS) is 13.6. The van der Waals surface area contributed by atoms with Gasteiger partial charge >= 0.3 is 0 Å². The number of carbonyl (C=O) groups is 1. The first-order chi connectivity index (χ1) is 12.7. The van der Waals surface area contributed by atoms with Crippen LogP contribution in [0.1, 0.15) is 25.0 Å². The maximum Gasteiger partial charge on any atom is 0.262 e. The Morgan fingerprint density at radius 1 is 1.19 bits per heavy atom. The fraction of sp³-hybridized carbons (Fsp3) is 0.350. The molecule has 0 radical (unpaired) electrons. The number of fused-ring (bicyclic) bond motifs is 1. The van der Waals surface area contributed by atoms with Crippen LogP contribution in [0, 0.1) is 12.8 Å². The van der Waals surface area contributed by atoms with Crippen LogP contribution < -0.4 is 14.4 Å². The van der Waals surface area contributed by atoms with Gasteiger partial charge in [-0.25, -0.2) is 8.42 Å². The number of hydrogen-bond donors (Lipinski definition) is 1. The minimum absolute atomic E-state index is 0.0767. The molecule has 0 saturated carbocycles. The number of amides is 1. The molecule has 0 aliphatic carbocycles. The van der Waals surface area contributed by atoms with Crippen LogP contribution in [-0.4, -0.2) is 28.0 Å². The number of nitrogens with one attached hydrogen (secondary N) is 1. The molecule has 7 heteroatoms. The van der Waals surface area contributed by atoms with Gasteiger partial charge in [0.1, 0.15) is 5.75 Å². The van der Waals surface area contributed by atoms with Crippen LogP contribution in [0.25, 0.3) is 0 Å². The standard InChI is InChI=1S/C20H24N2O4S/c1-13(2)20(23)22-10-9-15-12-16(5-7-18(15)22)21-27(24,25)19-8-6-17(26-4)11-14(19)3/h5-8,11-13,21H,9-10H2,1-4H3. The Kier molecular flexibility index (Phi) is 5.15. The molecule has 0 aromatic heterocycles. The van der Waals surface area contributed by atoms with Gasteiger partial charge in [-0.3, -0.25) is 9.52 Å². The fourth-order valence-electron chi connectivity index (χ4n) is 3.27. The second-order valence-electron chi connectivity index (χ2n) is 6.97. The van der Waals surface area contributed by atoms with Crippen molar-refractivity contribution >= 4 is 27.3 Å². The van der Waals surface area contributed by atoms with E-state index in [1.807, 2.05) is 13.8 Å². The summed E-state index contributed by atoms with van der Waals surface area (Å²) in [4.78, 5) is 14.3. The molecular formula is C20H24N2O4S. The Labute approximate surface area is 160 Å². The van der Waals surface area contributed by atoms with Crippen molar-refractivity contribution < 1.29 is 17.9 Å². The summed E-state index contributed by atoms with van der Waals surface area (Å²) in [6.07, 6.45) is 0.713. The Hall–Kier alpha value is -2.54. The van der Waals surface area contributed by atoms with E-state index in [1.54, 1.807) is 49.3 Å². The van der Waals surface area contributed by atoms with Crippen molar-refractivity contribution in [2.24, 2.45) is 5.92 Å². The van der Waals surface area contributed by atoms with Crippen molar-refractivity contribution in [2.45, 2.75) is 32.1 Å². The summed E-state index contributed by atoms with van der Waals surface area (Å²) in [6.45, 7) is 6.11. The van der Waals surface area contributed by atoms with E-state index >= 15 is 0 Å². The average Bonchev–Trinajstić information content (AvgIpc) is 3.03. The molecule has 0 unspecified atom stereocenters. The van der Waals surface area contributed by atoms with Gasteiger partial charge < -0.3 is 9.64 Å². The SMILES string of the molecule is COc1ccc(S(=O)(=O)Nc2ccc3c(c2)CCN3C(=O)C(C)C)c(C)c1. The lowest BCUT2D eigenvalue weighted by Gasteiger charge is -2.20. The topological polar surface area (TPSA) is 75.7 Å². The van der Waals surface area contributed by atoms with Gasteiger partial charge in [0.05, 0.1) is 12.0 Å². The number of aryl methyl sites for hydroxylation is 1. The van der Waals surface area contributed by atoms with Crippen LogP contribution in [0.2, 0.25) is 0 Å². The van der Waals surface area contributed by atoms with Crippen LogP contribution in [-0.2, 0) is 21.2 Å². The van der Waals surface area contributed by atoms with Crippen molar-refractivity contribution in [3.8, 4) is 5.75 Å².